The summed E-state index contributed by atoms with van der Waals surface area (Å²) in [6, 6.07) is 10.9. The summed E-state index contributed by atoms with van der Waals surface area (Å²) in [5.74, 6) is 0.554. The van der Waals surface area contributed by atoms with Crippen LogP contribution in [0.25, 0.3) is 0 Å². The van der Waals surface area contributed by atoms with Gasteiger partial charge in [0.1, 0.15) is 12.4 Å². The van der Waals surface area contributed by atoms with Crippen LogP contribution in [0.2, 0.25) is 0 Å². The van der Waals surface area contributed by atoms with Crippen molar-refractivity contribution in [1.29, 1.82) is 5.26 Å². The number of hydrogen-bond donors (Lipinski definition) is 1. The minimum absolute atomic E-state index is 0.192. The third kappa shape index (κ3) is 4.61. The number of furan rings is 1. The molecule has 0 aliphatic heterocycles. The number of benzene rings is 1. The molecule has 1 heterocycles. The lowest BCUT2D eigenvalue weighted by Gasteiger charge is -2.19. The molecule has 1 aromatic carbocycles. The van der Waals surface area contributed by atoms with Crippen LogP contribution in [0.3, 0.4) is 0 Å². The molecule has 0 saturated heterocycles. The fourth-order valence-electron chi connectivity index (χ4n) is 1.97. The van der Waals surface area contributed by atoms with Crippen molar-refractivity contribution in [1.82, 2.24) is 10.2 Å². The molecule has 0 bridgehead atoms. The Labute approximate surface area is 141 Å². The van der Waals surface area contributed by atoms with E-state index >= 15 is 0 Å². The number of ether oxygens (including phenoxy) is 1. The smallest absolute Gasteiger partial charge is 0.287 e. The Balaban J connectivity index is 1.97. The molecule has 1 N–H and O–H groups in total. The van der Waals surface area contributed by atoms with E-state index in [1.54, 1.807) is 30.3 Å². The van der Waals surface area contributed by atoms with Crippen molar-refractivity contribution >= 4 is 5.91 Å². The molecule has 0 spiro atoms. The Morgan fingerprint density at radius 1 is 1.42 bits per heavy atom. The number of rotatable bonds is 7. The van der Waals surface area contributed by atoms with Crippen LogP contribution in [-0.4, -0.2) is 37.5 Å². The van der Waals surface area contributed by atoms with E-state index in [0.29, 0.717) is 23.4 Å². The molecular formula is C18H21N3O3. The van der Waals surface area contributed by atoms with Crippen LogP contribution >= 0.6 is 0 Å². The fourth-order valence-corrected chi connectivity index (χ4v) is 1.97. The second kappa shape index (κ2) is 8.18. The van der Waals surface area contributed by atoms with Crippen LogP contribution < -0.4 is 10.1 Å². The molecule has 0 aliphatic rings. The van der Waals surface area contributed by atoms with Crippen molar-refractivity contribution in [3.63, 3.8) is 0 Å². The van der Waals surface area contributed by atoms with E-state index in [1.165, 1.54) is 6.26 Å². The summed E-state index contributed by atoms with van der Waals surface area (Å²) in [6.07, 6.45) is 1.47. The van der Waals surface area contributed by atoms with Gasteiger partial charge in [-0.1, -0.05) is 6.07 Å². The standard InChI is InChI=1S/C18H21N3O3/c1-13(21(2)3)11-20-18(22)17-15(7-8-23-17)12-24-16-6-4-5-14(9-16)10-19/h4-9,13H,11-12H2,1-3H3,(H,20,22)/t13-/m0/s1. The van der Waals surface area contributed by atoms with Gasteiger partial charge in [0, 0.05) is 18.2 Å². The van der Waals surface area contributed by atoms with Crippen molar-refractivity contribution in [2.75, 3.05) is 20.6 Å². The Morgan fingerprint density at radius 3 is 2.92 bits per heavy atom. The molecule has 0 unspecified atom stereocenters. The van der Waals surface area contributed by atoms with Crippen LogP contribution in [0, 0.1) is 11.3 Å². The predicted octanol–water partition coefficient (Wildman–Crippen LogP) is 2.41. The van der Waals surface area contributed by atoms with Gasteiger partial charge in [0.05, 0.1) is 17.9 Å². The lowest BCUT2D eigenvalue weighted by Crippen LogP contribution is -2.38. The third-order valence-corrected chi connectivity index (χ3v) is 3.75. The van der Waals surface area contributed by atoms with Crippen LogP contribution in [0.15, 0.2) is 41.0 Å². The first-order valence-electron chi connectivity index (χ1n) is 7.65. The fraction of sp³-hybridized carbons (Fsp3) is 0.333. The maximum atomic E-state index is 12.2. The maximum absolute atomic E-state index is 12.2. The molecule has 0 radical (unpaired) electrons. The molecule has 2 rings (SSSR count). The first kappa shape index (κ1) is 17.6. The second-order valence-electron chi connectivity index (χ2n) is 5.73. The minimum atomic E-state index is -0.266. The molecule has 1 aromatic heterocycles. The van der Waals surface area contributed by atoms with E-state index in [4.69, 9.17) is 14.4 Å². The van der Waals surface area contributed by atoms with E-state index in [9.17, 15) is 4.79 Å². The van der Waals surface area contributed by atoms with Gasteiger partial charge in [0.15, 0.2) is 5.76 Å². The topological polar surface area (TPSA) is 78.5 Å². The number of likely N-dealkylation sites (N-methyl/N-ethyl adjacent to an activating group) is 1. The highest BCUT2D eigenvalue weighted by molar-refractivity contribution is 5.92. The van der Waals surface area contributed by atoms with E-state index < -0.39 is 0 Å². The Morgan fingerprint density at radius 2 is 2.21 bits per heavy atom. The third-order valence-electron chi connectivity index (χ3n) is 3.75. The maximum Gasteiger partial charge on any atom is 0.287 e. The second-order valence-corrected chi connectivity index (χ2v) is 5.73. The molecule has 1 atom stereocenters. The van der Waals surface area contributed by atoms with Crippen molar-refractivity contribution in [3.8, 4) is 11.8 Å². The Hall–Kier alpha value is -2.78. The number of carbonyl (C=O) groups excluding carboxylic acids is 1. The molecular weight excluding hydrogens is 306 g/mol. The molecule has 0 fully saturated rings. The monoisotopic (exact) mass is 327 g/mol. The number of amides is 1. The van der Waals surface area contributed by atoms with Gasteiger partial charge >= 0.3 is 0 Å². The number of hydrogen-bond acceptors (Lipinski definition) is 5. The molecule has 6 heteroatoms. The van der Waals surface area contributed by atoms with Crippen LogP contribution in [0.4, 0.5) is 0 Å². The van der Waals surface area contributed by atoms with E-state index in [0.717, 1.165) is 0 Å². The normalized spacial score (nSPS) is 11.8. The number of nitrogens with one attached hydrogen (secondary N) is 1. The van der Waals surface area contributed by atoms with Crippen LogP contribution in [0.5, 0.6) is 5.75 Å². The zero-order valence-electron chi connectivity index (χ0n) is 14.1. The van der Waals surface area contributed by atoms with Gasteiger partial charge in [-0.05, 0) is 45.3 Å². The van der Waals surface area contributed by atoms with Gasteiger partial charge in [-0.25, -0.2) is 0 Å². The average molecular weight is 327 g/mol. The van der Waals surface area contributed by atoms with E-state index in [1.807, 2.05) is 25.9 Å². The zero-order chi connectivity index (χ0) is 17.5. The Bertz CT molecular complexity index is 731. The lowest BCUT2D eigenvalue weighted by molar-refractivity contribution is 0.0912. The number of nitriles is 1. The van der Waals surface area contributed by atoms with Crippen molar-refractivity contribution in [2.45, 2.75) is 19.6 Å². The quantitative estimate of drug-likeness (QED) is 0.845. The van der Waals surface area contributed by atoms with Crippen LogP contribution in [0.1, 0.15) is 28.6 Å². The van der Waals surface area contributed by atoms with Crippen LogP contribution in [-0.2, 0) is 6.61 Å². The summed E-state index contributed by atoms with van der Waals surface area (Å²) in [7, 11) is 3.91. The molecule has 0 saturated carbocycles. The molecule has 6 nitrogen and oxygen atoms in total. The largest absolute Gasteiger partial charge is 0.489 e. The summed E-state index contributed by atoms with van der Waals surface area (Å²) < 4.78 is 10.9. The van der Waals surface area contributed by atoms with Crippen molar-refractivity contribution in [2.24, 2.45) is 0 Å². The summed E-state index contributed by atoms with van der Waals surface area (Å²) in [5, 5.41) is 11.7. The summed E-state index contributed by atoms with van der Waals surface area (Å²) in [5.41, 5.74) is 1.18. The summed E-state index contributed by atoms with van der Waals surface area (Å²) in [6.45, 7) is 2.74. The number of nitrogens with zero attached hydrogens (tertiary/aromatic N) is 2. The van der Waals surface area contributed by atoms with E-state index in [2.05, 4.69) is 11.4 Å². The predicted molar refractivity (Wildman–Crippen MR) is 89.7 cm³/mol. The van der Waals surface area contributed by atoms with Gasteiger partial charge in [-0.15, -0.1) is 0 Å². The lowest BCUT2D eigenvalue weighted by atomic mass is 10.2. The van der Waals surface area contributed by atoms with Gasteiger partial charge in [-0.3, -0.25) is 4.79 Å². The summed E-state index contributed by atoms with van der Waals surface area (Å²) in [4.78, 5) is 14.3. The zero-order valence-corrected chi connectivity index (χ0v) is 14.1. The van der Waals surface area contributed by atoms with Gasteiger partial charge in [0.25, 0.3) is 5.91 Å². The molecule has 2 aromatic rings. The number of carbonyl (C=O) groups is 1. The Kier molecular flexibility index (Phi) is 5.99. The SMILES string of the molecule is C[C@@H](CNC(=O)c1occc1COc1cccc(C#N)c1)N(C)C. The first-order chi connectivity index (χ1) is 11.5. The van der Waals surface area contributed by atoms with Crippen molar-refractivity contribution in [3.05, 3.63) is 53.5 Å². The molecule has 0 aliphatic carbocycles. The van der Waals surface area contributed by atoms with Crippen molar-refractivity contribution < 1.29 is 13.9 Å². The highest BCUT2D eigenvalue weighted by atomic mass is 16.5. The van der Waals surface area contributed by atoms with Gasteiger partial charge in [-0.2, -0.15) is 5.26 Å². The highest BCUT2D eigenvalue weighted by Crippen LogP contribution is 2.17. The van der Waals surface area contributed by atoms with E-state index in [-0.39, 0.29) is 24.3 Å². The molecule has 24 heavy (non-hydrogen) atoms. The molecule has 1 amide bonds. The van der Waals surface area contributed by atoms with Gasteiger partial charge < -0.3 is 19.4 Å². The minimum Gasteiger partial charge on any atom is -0.489 e. The molecule has 126 valence electrons. The summed E-state index contributed by atoms with van der Waals surface area (Å²) >= 11 is 0. The first-order valence-corrected chi connectivity index (χ1v) is 7.65. The average Bonchev–Trinajstić information content (AvgIpc) is 3.06. The van der Waals surface area contributed by atoms with Gasteiger partial charge in [0.2, 0.25) is 0 Å². The highest BCUT2D eigenvalue weighted by Gasteiger charge is 2.17.